The van der Waals surface area contributed by atoms with Crippen molar-refractivity contribution >= 4 is 62.6 Å². The van der Waals surface area contributed by atoms with Gasteiger partial charge in [-0.15, -0.1) is 0 Å². The van der Waals surface area contributed by atoms with Crippen molar-refractivity contribution in [2.45, 2.75) is 60.0 Å². The molecule has 13 heteroatoms. The quantitative estimate of drug-likeness (QED) is 0.129. The van der Waals surface area contributed by atoms with E-state index in [4.69, 9.17) is 37.8 Å². The molecule has 0 unspecified atom stereocenters. The zero-order valence-corrected chi connectivity index (χ0v) is 35.0. The average molecular weight is 820 g/mol. The maximum absolute atomic E-state index is 15.4. The smallest absolute Gasteiger partial charge is 0.354 e. The molecule has 8 rings (SSSR count). The van der Waals surface area contributed by atoms with Gasteiger partial charge >= 0.3 is 5.97 Å². The molecule has 298 valence electrons. The molecule has 5 heterocycles. The lowest BCUT2D eigenvalue weighted by Crippen LogP contribution is -2.43. The van der Waals surface area contributed by atoms with E-state index in [-0.39, 0.29) is 30.7 Å². The van der Waals surface area contributed by atoms with Crippen LogP contribution in [0.4, 0.5) is 5.69 Å². The molecule has 1 amide bonds. The van der Waals surface area contributed by atoms with E-state index in [2.05, 4.69) is 16.5 Å². The summed E-state index contributed by atoms with van der Waals surface area (Å²) in [5.41, 5.74) is 9.30. The second-order valence-corrected chi connectivity index (χ2v) is 15.9. The Kier molecular flexibility index (Phi) is 10.2. The molecule has 3 aromatic carbocycles. The van der Waals surface area contributed by atoms with Crippen LogP contribution >= 0.6 is 23.2 Å². The van der Waals surface area contributed by atoms with Gasteiger partial charge in [-0.05, 0) is 101 Å². The Hall–Kier alpha value is -5.78. The predicted octanol–water partition coefficient (Wildman–Crippen LogP) is 9.92. The third-order valence-corrected chi connectivity index (χ3v) is 12.2. The van der Waals surface area contributed by atoms with Gasteiger partial charge in [0.2, 0.25) is 0 Å². The van der Waals surface area contributed by atoms with E-state index in [9.17, 15) is 9.90 Å². The first kappa shape index (κ1) is 39.1. The highest BCUT2D eigenvalue weighted by Gasteiger charge is 2.40. The van der Waals surface area contributed by atoms with Crippen molar-refractivity contribution in [2.24, 2.45) is 7.05 Å². The number of anilines is 1. The highest BCUT2D eigenvalue weighted by molar-refractivity contribution is 6.35. The van der Waals surface area contributed by atoms with E-state index < -0.39 is 5.97 Å². The molecule has 58 heavy (non-hydrogen) atoms. The fourth-order valence-electron chi connectivity index (χ4n) is 8.65. The fraction of sp³-hybridized carbons (Fsp3) is 0.289. The lowest BCUT2D eigenvalue weighted by molar-refractivity contribution is 0.0687. The van der Waals surface area contributed by atoms with Crippen molar-refractivity contribution in [2.75, 3.05) is 25.2 Å². The van der Waals surface area contributed by atoms with Gasteiger partial charge in [-0.1, -0.05) is 47.5 Å². The summed E-state index contributed by atoms with van der Waals surface area (Å²) in [7, 11) is 3.48. The van der Waals surface area contributed by atoms with Crippen molar-refractivity contribution in [1.29, 1.82) is 0 Å². The van der Waals surface area contributed by atoms with Crippen LogP contribution < -0.4 is 14.4 Å². The maximum Gasteiger partial charge on any atom is 0.354 e. The van der Waals surface area contributed by atoms with Crippen molar-refractivity contribution in [3.05, 3.63) is 122 Å². The molecule has 0 saturated carbocycles. The van der Waals surface area contributed by atoms with Crippen molar-refractivity contribution in [3.63, 3.8) is 0 Å². The fourth-order valence-corrected chi connectivity index (χ4v) is 9.00. The molecule has 0 spiro atoms. The van der Waals surface area contributed by atoms with Gasteiger partial charge in [0.25, 0.3) is 5.91 Å². The highest BCUT2D eigenvalue weighted by Crippen LogP contribution is 2.46. The number of benzene rings is 3. The number of ether oxygens (including phenoxy) is 2. The summed E-state index contributed by atoms with van der Waals surface area (Å²) < 4.78 is 17.2. The summed E-state index contributed by atoms with van der Waals surface area (Å²) in [5.74, 6) is -0.103. The number of pyridine rings is 1. The number of aromatic carboxylic acids is 1. The van der Waals surface area contributed by atoms with Crippen LogP contribution in [0.15, 0.2) is 66.9 Å². The predicted molar refractivity (Wildman–Crippen MR) is 229 cm³/mol. The van der Waals surface area contributed by atoms with Crippen LogP contribution in [-0.2, 0) is 20.0 Å². The number of fused-ring (bicyclic) bond motifs is 4. The Labute approximate surface area is 346 Å². The molecule has 1 aliphatic heterocycles. The Balaban J connectivity index is 1.29. The highest BCUT2D eigenvalue weighted by atomic mass is 35.5. The maximum atomic E-state index is 15.4. The Morgan fingerprint density at radius 1 is 0.966 bits per heavy atom. The van der Waals surface area contributed by atoms with Crippen LogP contribution in [0.25, 0.3) is 32.9 Å². The minimum absolute atomic E-state index is 0.0118. The van der Waals surface area contributed by atoms with Gasteiger partial charge in [-0.3, -0.25) is 14.5 Å². The number of aryl methyl sites for hydroxylation is 5. The second-order valence-electron chi connectivity index (χ2n) is 15.1. The number of carbonyl (C=O) groups excluding carboxylic acids is 1. The average Bonchev–Trinajstić information content (AvgIpc) is 3.80. The summed E-state index contributed by atoms with van der Waals surface area (Å²) in [6.45, 7) is 10.8. The third-order valence-electron chi connectivity index (χ3n) is 11.3. The Morgan fingerprint density at radius 3 is 2.36 bits per heavy atom. The first-order chi connectivity index (χ1) is 27.8. The summed E-state index contributed by atoms with van der Waals surface area (Å²) in [6, 6.07) is 18.6. The number of carbonyl (C=O) groups is 2. The molecule has 4 aromatic heterocycles. The van der Waals surface area contributed by atoms with Gasteiger partial charge < -0.3 is 28.6 Å². The molecule has 0 fully saturated rings. The number of hydrogen-bond acceptors (Lipinski definition) is 6. The third kappa shape index (κ3) is 6.46. The standard InChI is InChI=1S/C45H44Cl2N6O5/c1-24-19-31(20-25(2)39(24)47)58-18-10-12-32-33-16-17-35(46)38(37-27(4)49-50(6)28(37)5)40(33)53-26(3)22-52(44(54)42(32)53)41-34-11-8-9-13-36(34)51(43(41)45(55)56)23-29-14-15-30(57-7)21-48-29/h8-9,11,13-17,19-21,26H,10,12,18,22-23H2,1-7H3,(H,55,56)/t26-/m1/s1. The first-order valence-corrected chi connectivity index (χ1v) is 20.0. The lowest BCUT2D eigenvalue weighted by atomic mass is 9.98. The van der Waals surface area contributed by atoms with Gasteiger partial charge in [0, 0.05) is 52.3 Å². The molecule has 0 radical (unpaired) electrons. The van der Waals surface area contributed by atoms with Crippen molar-refractivity contribution in [3.8, 4) is 22.6 Å². The number of hydrogen-bond donors (Lipinski definition) is 1. The summed E-state index contributed by atoms with van der Waals surface area (Å²) >= 11 is 13.6. The number of halogens is 2. The lowest BCUT2D eigenvalue weighted by Gasteiger charge is -2.34. The van der Waals surface area contributed by atoms with Crippen molar-refractivity contribution in [1.82, 2.24) is 23.9 Å². The number of amides is 1. The molecule has 0 bridgehead atoms. The SMILES string of the molecule is COc1ccc(Cn2c(C(=O)O)c(N3C[C@@H](C)n4c(c(CCCOc5cc(C)c(Cl)c(C)c5)c5ccc(Cl)c(-c6c(C)nn(C)c6C)c54)C3=O)c3ccccc32)nc1. The van der Waals surface area contributed by atoms with Crippen molar-refractivity contribution < 1.29 is 24.2 Å². The van der Waals surface area contributed by atoms with Crippen LogP contribution in [0.2, 0.25) is 10.0 Å². The van der Waals surface area contributed by atoms with Crippen LogP contribution in [0, 0.1) is 27.7 Å². The molecule has 11 nitrogen and oxygen atoms in total. The largest absolute Gasteiger partial charge is 0.495 e. The van der Waals surface area contributed by atoms with E-state index in [0.29, 0.717) is 58.2 Å². The van der Waals surface area contributed by atoms with Gasteiger partial charge in [0.05, 0.1) is 59.6 Å². The van der Waals surface area contributed by atoms with E-state index in [0.717, 1.165) is 60.9 Å². The van der Waals surface area contributed by atoms with Crippen LogP contribution in [0.1, 0.15) is 74.1 Å². The number of carboxylic acids is 1. The Morgan fingerprint density at radius 2 is 1.71 bits per heavy atom. The number of nitrogens with zero attached hydrogens (tertiary/aromatic N) is 6. The summed E-state index contributed by atoms with van der Waals surface area (Å²) in [6.07, 6.45) is 2.72. The van der Waals surface area contributed by atoms with Crippen LogP contribution in [-0.4, -0.2) is 61.1 Å². The summed E-state index contributed by atoms with van der Waals surface area (Å²) in [4.78, 5) is 35.0. The number of para-hydroxylation sites is 1. The van der Waals surface area contributed by atoms with Gasteiger partial charge in [0.15, 0.2) is 5.69 Å². The second kappa shape index (κ2) is 15.2. The van der Waals surface area contributed by atoms with Crippen LogP contribution in [0.5, 0.6) is 11.5 Å². The molecule has 0 saturated heterocycles. The monoisotopic (exact) mass is 818 g/mol. The van der Waals surface area contributed by atoms with E-state index >= 15 is 4.79 Å². The molecule has 1 aliphatic rings. The van der Waals surface area contributed by atoms with Gasteiger partial charge in [0.1, 0.15) is 17.2 Å². The number of methoxy groups -OCH3 is 1. The first-order valence-electron chi connectivity index (χ1n) is 19.2. The molecule has 7 aromatic rings. The van der Waals surface area contributed by atoms with E-state index in [1.54, 1.807) is 28.8 Å². The van der Waals surface area contributed by atoms with Gasteiger partial charge in [-0.25, -0.2) is 4.79 Å². The van der Waals surface area contributed by atoms with E-state index in [1.165, 1.54) is 0 Å². The minimum Gasteiger partial charge on any atom is -0.495 e. The Bertz CT molecular complexity index is 2760. The normalized spacial score (nSPS) is 14.1. The summed E-state index contributed by atoms with van der Waals surface area (Å²) in [5, 5.41) is 18.5. The van der Waals surface area contributed by atoms with Gasteiger partial charge in [-0.2, -0.15) is 5.10 Å². The topological polar surface area (TPSA) is 117 Å². The molecule has 1 atom stereocenters. The molecular formula is C45H44Cl2N6O5. The minimum atomic E-state index is -1.15. The molecular weight excluding hydrogens is 775 g/mol. The zero-order chi connectivity index (χ0) is 41.2. The number of carboxylic acid groups (broad SMARTS) is 1. The zero-order valence-electron chi connectivity index (χ0n) is 33.5. The molecule has 1 N–H and O–H groups in total. The van der Waals surface area contributed by atoms with E-state index in [1.807, 2.05) is 94.0 Å². The number of aromatic nitrogens is 5. The number of rotatable bonds is 11. The molecule has 0 aliphatic carbocycles. The van der Waals surface area contributed by atoms with Crippen LogP contribution in [0.3, 0.4) is 0 Å².